The molecule has 0 N–H and O–H groups in total. The number of fused-ring (bicyclic) bond motifs is 1. The second-order valence-corrected chi connectivity index (χ2v) is 8.78. The topological polar surface area (TPSA) is 82.5 Å². The van der Waals surface area contributed by atoms with Crippen LogP contribution in [0.1, 0.15) is 17.1 Å². The summed E-state index contributed by atoms with van der Waals surface area (Å²) >= 11 is 0. The molecule has 182 valence electrons. The van der Waals surface area contributed by atoms with Crippen molar-refractivity contribution in [3.05, 3.63) is 102 Å². The number of aromatic nitrogens is 6. The minimum atomic E-state index is -0.980. The molecule has 37 heavy (non-hydrogen) atoms. The van der Waals surface area contributed by atoms with Gasteiger partial charge < -0.3 is 4.52 Å². The fourth-order valence-electron chi connectivity index (χ4n) is 4.26. The van der Waals surface area contributed by atoms with Gasteiger partial charge in [-0.15, -0.1) is 0 Å². The second kappa shape index (κ2) is 9.02. The van der Waals surface area contributed by atoms with Gasteiger partial charge in [0, 0.05) is 23.0 Å². The van der Waals surface area contributed by atoms with Gasteiger partial charge in [-0.05, 0) is 49.2 Å². The van der Waals surface area contributed by atoms with Gasteiger partial charge in [0.15, 0.2) is 23.2 Å². The molecule has 2 aliphatic rings. The lowest BCUT2D eigenvalue weighted by Crippen LogP contribution is -2.04. The lowest BCUT2D eigenvalue weighted by atomic mass is 10.0. The van der Waals surface area contributed by atoms with Gasteiger partial charge in [0.05, 0.1) is 18.0 Å². The highest BCUT2D eigenvalue weighted by atomic mass is 19.2. The zero-order valence-electron chi connectivity index (χ0n) is 20.0. The van der Waals surface area contributed by atoms with Crippen LogP contribution in [0.2, 0.25) is 0 Å². The first-order valence-corrected chi connectivity index (χ1v) is 11.6. The van der Waals surface area contributed by atoms with E-state index in [2.05, 4.69) is 49.5 Å². The molecule has 6 rings (SSSR count). The fourth-order valence-corrected chi connectivity index (χ4v) is 4.26. The number of hydrogen-bond acceptors (Lipinski definition) is 6. The van der Waals surface area contributed by atoms with Gasteiger partial charge in [0.2, 0.25) is 0 Å². The first-order chi connectivity index (χ1) is 17.9. The maximum absolute atomic E-state index is 14.2. The average molecular weight is 495 g/mol. The standard InChI is InChI=1S/C28H20F2N6O/c1-16-10-20(11-17(2)32-16)18-6-8-19(9-7-18)24-12-21(37-35-24)14-36-15-26-25(13-31-36)33-28(34-26)22-4-3-5-23(29)27(22)30/h3-13,15H,14H2,1-2H3. The SMILES string of the molecule is Cc1cc(-c2ccc(-c3cc(Cn4cc5nc(-c6cccc(F)c6F)nc-5cn4)on3)cc2)cc(C)n1. The van der Waals surface area contributed by atoms with Crippen molar-refractivity contribution < 1.29 is 13.3 Å². The number of pyridine rings is 1. The molecule has 2 aliphatic heterocycles. The third-order valence-electron chi connectivity index (χ3n) is 5.98. The lowest BCUT2D eigenvalue weighted by molar-refractivity contribution is 0.372. The Labute approximate surface area is 210 Å². The van der Waals surface area contributed by atoms with Gasteiger partial charge in [-0.3, -0.25) is 9.67 Å². The van der Waals surface area contributed by atoms with Gasteiger partial charge in [0.25, 0.3) is 0 Å². The summed E-state index contributed by atoms with van der Waals surface area (Å²) in [5.74, 6) is -1.22. The van der Waals surface area contributed by atoms with E-state index in [4.69, 9.17) is 4.52 Å². The van der Waals surface area contributed by atoms with E-state index in [1.807, 2.05) is 32.0 Å². The molecule has 0 fully saturated rings. The van der Waals surface area contributed by atoms with Crippen molar-refractivity contribution in [3.8, 4) is 45.2 Å². The van der Waals surface area contributed by atoms with Crippen molar-refractivity contribution in [2.24, 2.45) is 0 Å². The van der Waals surface area contributed by atoms with E-state index in [1.165, 1.54) is 18.3 Å². The molecule has 0 spiro atoms. The third-order valence-corrected chi connectivity index (χ3v) is 5.98. The van der Waals surface area contributed by atoms with E-state index in [-0.39, 0.29) is 11.4 Å². The first kappa shape index (κ1) is 22.7. The van der Waals surface area contributed by atoms with Gasteiger partial charge >= 0.3 is 0 Å². The molecule has 0 bridgehead atoms. The van der Waals surface area contributed by atoms with Crippen molar-refractivity contribution in [3.63, 3.8) is 0 Å². The van der Waals surface area contributed by atoms with Crippen molar-refractivity contribution in [2.75, 3.05) is 0 Å². The Bertz CT molecular complexity index is 1690. The van der Waals surface area contributed by atoms with Crippen LogP contribution >= 0.6 is 0 Å². The average Bonchev–Trinajstić information content (AvgIpc) is 3.52. The number of hydrogen-bond donors (Lipinski definition) is 0. The van der Waals surface area contributed by atoms with Crippen molar-refractivity contribution in [2.45, 2.75) is 20.4 Å². The summed E-state index contributed by atoms with van der Waals surface area (Å²) in [6.45, 7) is 4.28. The zero-order valence-corrected chi connectivity index (χ0v) is 20.0. The van der Waals surface area contributed by atoms with Crippen LogP contribution in [0.25, 0.3) is 45.2 Å². The molecule has 0 unspecified atom stereocenters. The van der Waals surface area contributed by atoms with Crippen LogP contribution in [0.5, 0.6) is 0 Å². The molecular formula is C28H20F2N6O. The maximum Gasteiger partial charge on any atom is 0.169 e. The molecule has 2 aromatic carbocycles. The van der Waals surface area contributed by atoms with Crippen LogP contribution in [0.3, 0.4) is 0 Å². The summed E-state index contributed by atoms with van der Waals surface area (Å²) in [6, 6.07) is 18.0. The highest BCUT2D eigenvalue weighted by Crippen LogP contribution is 2.28. The molecule has 0 saturated heterocycles. The molecule has 7 nitrogen and oxygen atoms in total. The van der Waals surface area contributed by atoms with Crippen LogP contribution in [0, 0.1) is 25.5 Å². The van der Waals surface area contributed by atoms with Crippen LogP contribution in [-0.2, 0) is 6.54 Å². The molecule has 9 heteroatoms. The summed E-state index contributed by atoms with van der Waals surface area (Å²) in [5.41, 5.74) is 6.81. The molecule has 4 aromatic rings. The molecule has 0 atom stereocenters. The Morgan fingerprint density at radius 3 is 2.30 bits per heavy atom. The van der Waals surface area contributed by atoms with E-state index in [0.29, 0.717) is 29.4 Å². The quantitative estimate of drug-likeness (QED) is 0.288. The Kier molecular flexibility index (Phi) is 5.52. The van der Waals surface area contributed by atoms with Gasteiger partial charge in [0.1, 0.15) is 23.6 Å². The van der Waals surface area contributed by atoms with Gasteiger partial charge in [-0.2, -0.15) is 5.10 Å². The molecule has 0 aliphatic carbocycles. The molecule has 2 aromatic heterocycles. The van der Waals surface area contributed by atoms with E-state index in [0.717, 1.165) is 34.1 Å². The normalized spacial score (nSPS) is 11.4. The van der Waals surface area contributed by atoms with E-state index in [1.54, 1.807) is 10.9 Å². The van der Waals surface area contributed by atoms with Crippen LogP contribution < -0.4 is 0 Å². The third kappa shape index (κ3) is 4.47. The lowest BCUT2D eigenvalue weighted by Gasteiger charge is -2.05. The number of nitrogens with zero attached hydrogens (tertiary/aromatic N) is 6. The molecular weight excluding hydrogens is 474 g/mol. The Balaban J connectivity index is 1.21. The molecule has 4 heterocycles. The predicted octanol–water partition coefficient (Wildman–Crippen LogP) is 6.11. The number of rotatable bonds is 5. The predicted molar refractivity (Wildman–Crippen MR) is 134 cm³/mol. The molecule has 0 saturated carbocycles. The van der Waals surface area contributed by atoms with E-state index < -0.39 is 11.6 Å². The minimum absolute atomic E-state index is 0.00263. The Hall–Kier alpha value is -4.79. The van der Waals surface area contributed by atoms with Crippen LogP contribution in [0.15, 0.2) is 77.6 Å². The molecule has 0 radical (unpaired) electrons. The monoisotopic (exact) mass is 494 g/mol. The summed E-state index contributed by atoms with van der Waals surface area (Å²) in [6.07, 6.45) is 3.21. The van der Waals surface area contributed by atoms with E-state index >= 15 is 0 Å². The van der Waals surface area contributed by atoms with Crippen molar-refractivity contribution >= 4 is 0 Å². The highest BCUT2D eigenvalue weighted by molar-refractivity contribution is 5.69. The summed E-state index contributed by atoms with van der Waals surface area (Å²) in [7, 11) is 0. The van der Waals surface area contributed by atoms with Crippen LogP contribution in [0.4, 0.5) is 8.78 Å². The largest absolute Gasteiger partial charge is 0.359 e. The Morgan fingerprint density at radius 2 is 1.51 bits per heavy atom. The summed E-state index contributed by atoms with van der Waals surface area (Å²) < 4.78 is 34.9. The molecule has 0 amide bonds. The second-order valence-electron chi connectivity index (χ2n) is 8.78. The first-order valence-electron chi connectivity index (χ1n) is 11.6. The van der Waals surface area contributed by atoms with Gasteiger partial charge in [-0.1, -0.05) is 35.5 Å². The zero-order chi connectivity index (χ0) is 25.5. The highest BCUT2D eigenvalue weighted by Gasteiger charge is 2.18. The summed E-state index contributed by atoms with van der Waals surface area (Å²) in [4.78, 5) is 13.1. The van der Waals surface area contributed by atoms with Crippen molar-refractivity contribution in [1.29, 1.82) is 0 Å². The summed E-state index contributed by atoms with van der Waals surface area (Å²) in [5, 5.41) is 8.55. The van der Waals surface area contributed by atoms with Crippen LogP contribution in [-0.4, -0.2) is 29.9 Å². The maximum atomic E-state index is 14.2. The van der Waals surface area contributed by atoms with Gasteiger partial charge in [-0.25, -0.2) is 18.7 Å². The minimum Gasteiger partial charge on any atom is -0.359 e. The number of halogens is 2. The number of imidazole rings is 1. The Morgan fingerprint density at radius 1 is 0.784 bits per heavy atom. The smallest absolute Gasteiger partial charge is 0.169 e. The fraction of sp³-hybridized carbons (Fsp3) is 0.107. The number of benzene rings is 2. The number of aryl methyl sites for hydroxylation is 2. The van der Waals surface area contributed by atoms with Crippen molar-refractivity contribution in [1.82, 2.24) is 29.9 Å². The van der Waals surface area contributed by atoms with E-state index in [9.17, 15) is 8.78 Å².